The van der Waals surface area contributed by atoms with Crippen LogP contribution in [-0.2, 0) is 37.5 Å². The molecule has 0 radical (unpaired) electrons. The van der Waals surface area contributed by atoms with E-state index in [0.717, 1.165) is 51.4 Å². The Morgan fingerprint density at radius 3 is 1.56 bits per heavy atom. The zero-order chi connectivity index (χ0) is 38.5. The Labute approximate surface area is 314 Å². The van der Waals surface area contributed by atoms with Gasteiger partial charge in [0, 0.05) is 12.8 Å². The van der Waals surface area contributed by atoms with E-state index < -0.39 is 51.1 Å². The predicted molar refractivity (Wildman–Crippen MR) is 208 cm³/mol. The highest BCUT2D eigenvalue weighted by atomic mass is 31.2. The standard InChI is InChI=1S/C40H72NO10P/c1-3-5-7-9-11-13-15-17-18-20-21-23-25-27-29-31-38(42)48-33-36(34-49-52(46,47)50-35-37(41)40(44)45)51-39(43)32-30-28-26-24-22-19-16-14-12-10-8-6-4-2/h11,13,17-18,21,23,36-37H,3-10,12,14-16,19-20,22,24-35,41H2,1-2H3,(H,44,45)(H,46,47)/b13-11+,18-17+,23-21+/t36-,37+/m1/s1. The van der Waals surface area contributed by atoms with Gasteiger partial charge in [0.2, 0.25) is 0 Å². The molecule has 3 atom stereocenters. The maximum atomic E-state index is 12.6. The van der Waals surface area contributed by atoms with Crippen molar-refractivity contribution in [2.75, 3.05) is 19.8 Å². The van der Waals surface area contributed by atoms with Gasteiger partial charge < -0.3 is 25.2 Å². The van der Waals surface area contributed by atoms with Crippen LogP contribution in [0, 0.1) is 0 Å². The summed E-state index contributed by atoms with van der Waals surface area (Å²) in [7, 11) is -4.72. The molecule has 0 rings (SSSR count). The van der Waals surface area contributed by atoms with Crippen molar-refractivity contribution in [3.63, 3.8) is 0 Å². The zero-order valence-electron chi connectivity index (χ0n) is 32.4. The van der Waals surface area contributed by atoms with Gasteiger partial charge in [0.25, 0.3) is 0 Å². The molecule has 302 valence electrons. The number of aliphatic carboxylic acids is 1. The number of esters is 2. The number of unbranched alkanes of at least 4 members (excludes halogenated alkanes) is 17. The molecule has 0 aliphatic carbocycles. The quantitative estimate of drug-likeness (QED) is 0.0238. The first-order chi connectivity index (χ1) is 25.1. The summed E-state index contributed by atoms with van der Waals surface area (Å²) in [6.07, 6.45) is 36.4. The molecule has 0 spiro atoms. The van der Waals surface area contributed by atoms with E-state index in [1.54, 1.807) is 0 Å². The van der Waals surface area contributed by atoms with E-state index in [2.05, 4.69) is 54.8 Å². The third-order valence-corrected chi connectivity index (χ3v) is 9.34. The zero-order valence-corrected chi connectivity index (χ0v) is 33.3. The lowest BCUT2D eigenvalue weighted by molar-refractivity contribution is -0.161. The number of hydrogen-bond donors (Lipinski definition) is 3. The molecule has 12 heteroatoms. The number of phosphoric acid groups is 1. The van der Waals surface area contributed by atoms with Crippen LogP contribution < -0.4 is 5.73 Å². The largest absolute Gasteiger partial charge is 0.480 e. The molecule has 0 aliphatic heterocycles. The summed E-state index contributed by atoms with van der Waals surface area (Å²) in [4.78, 5) is 45.8. The highest BCUT2D eigenvalue weighted by molar-refractivity contribution is 7.47. The smallest absolute Gasteiger partial charge is 0.472 e. The molecular formula is C40H72NO10P. The van der Waals surface area contributed by atoms with Crippen molar-refractivity contribution < 1.29 is 47.5 Å². The minimum absolute atomic E-state index is 0.155. The topological polar surface area (TPSA) is 172 Å². The summed E-state index contributed by atoms with van der Waals surface area (Å²) < 4.78 is 32.6. The normalized spacial score (nSPS) is 14.2. The van der Waals surface area contributed by atoms with Crippen LogP contribution in [-0.4, -0.2) is 59.9 Å². The number of nitrogens with two attached hydrogens (primary N) is 1. The van der Waals surface area contributed by atoms with Gasteiger partial charge in [0.15, 0.2) is 6.10 Å². The third-order valence-electron chi connectivity index (χ3n) is 8.39. The van der Waals surface area contributed by atoms with Gasteiger partial charge in [0.05, 0.1) is 13.2 Å². The molecule has 1 unspecified atom stereocenters. The van der Waals surface area contributed by atoms with E-state index in [1.165, 1.54) is 77.0 Å². The fourth-order valence-corrected chi connectivity index (χ4v) is 5.97. The highest BCUT2D eigenvalue weighted by Gasteiger charge is 2.28. The monoisotopic (exact) mass is 757 g/mol. The molecule has 0 aromatic carbocycles. The highest BCUT2D eigenvalue weighted by Crippen LogP contribution is 2.43. The van der Waals surface area contributed by atoms with Crippen LogP contribution in [0.2, 0.25) is 0 Å². The molecule has 0 aromatic rings. The molecular weight excluding hydrogens is 685 g/mol. The van der Waals surface area contributed by atoms with Crippen LogP contribution in [0.5, 0.6) is 0 Å². The summed E-state index contributed by atoms with van der Waals surface area (Å²) in [6.45, 7) is 2.72. The average Bonchev–Trinajstić information content (AvgIpc) is 3.12. The Morgan fingerprint density at radius 2 is 1.02 bits per heavy atom. The Bertz CT molecular complexity index is 1030. The van der Waals surface area contributed by atoms with Crippen LogP contribution in [0.1, 0.15) is 168 Å². The fourth-order valence-electron chi connectivity index (χ4n) is 5.19. The number of carbonyl (C=O) groups is 3. The van der Waals surface area contributed by atoms with Crippen LogP contribution in [0.25, 0.3) is 0 Å². The molecule has 0 bridgehead atoms. The number of hydrogen-bond acceptors (Lipinski definition) is 9. The summed E-state index contributed by atoms with van der Waals surface area (Å²) in [5.41, 5.74) is 5.32. The van der Waals surface area contributed by atoms with Crippen LogP contribution >= 0.6 is 7.82 Å². The van der Waals surface area contributed by atoms with Gasteiger partial charge in [-0.25, -0.2) is 4.57 Å². The lowest BCUT2D eigenvalue weighted by atomic mass is 10.0. The van der Waals surface area contributed by atoms with Gasteiger partial charge in [-0.05, 0) is 51.4 Å². The first-order valence-corrected chi connectivity index (χ1v) is 21.5. The van der Waals surface area contributed by atoms with Gasteiger partial charge in [-0.1, -0.05) is 140 Å². The molecule has 11 nitrogen and oxygen atoms in total. The second-order valence-electron chi connectivity index (χ2n) is 13.4. The van der Waals surface area contributed by atoms with Crippen molar-refractivity contribution in [1.29, 1.82) is 0 Å². The van der Waals surface area contributed by atoms with Gasteiger partial charge in [0.1, 0.15) is 12.6 Å². The summed E-state index contributed by atoms with van der Waals surface area (Å²) in [5.74, 6) is -2.43. The van der Waals surface area contributed by atoms with Gasteiger partial charge >= 0.3 is 25.7 Å². The summed E-state index contributed by atoms with van der Waals surface area (Å²) in [6, 6.07) is -1.52. The molecule has 4 N–H and O–H groups in total. The van der Waals surface area contributed by atoms with E-state index in [-0.39, 0.29) is 19.4 Å². The molecule has 0 amide bonds. The Balaban J connectivity index is 4.48. The molecule has 0 aliphatic rings. The Morgan fingerprint density at radius 1 is 0.596 bits per heavy atom. The number of rotatable bonds is 37. The van der Waals surface area contributed by atoms with Crippen molar-refractivity contribution in [2.45, 2.75) is 180 Å². The minimum Gasteiger partial charge on any atom is -0.480 e. The van der Waals surface area contributed by atoms with Crippen LogP contribution in [0.3, 0.4) is 0 Å². The molecule has 0 heterocycles. The van der Waals surface area contributed by atoms with Crippen LogP contribution in [0.4, 0.5) is 0 Å². The average molecular weight is 758 g/mol. The molecule has 52 heavy (non-hydrogen) atoms. The van der Waals surface area contributed by atoms with Gasteiger partial charge in [-0.15, -0.1) is 0 Å². The summed E-state index contributed by atoms with van der Waals surface area (Å²) in [5, 5.41) is 8.86. The predicted octanol–water partition coefficient (Wildman–Crippen LogP) is 10.1. The molecule has 0 saturated carbocycles. The first kappa shape index (κ1) is 49.7. The van der Waals surface area contributed by atoms with E-state index in [4.69, 9.17) is 24.8 Å². The molecule has 0 saturated heterocycles. The number of carbonyl (C=O) groups excluding carboxylic acids is 2. The second-order valence-corrected chi connectivity index (χ2v) is 14.9. The number of carboxylic acid groups (broad SMARTS) is 1. The van der Waals surface area contributed by atoms with Gasteiger partial charge in [-0.3, -0.25) is 23.4 Å². The lowest BCUT2D eigenvalue weighted by Gasteiger charge is -2.20. The van der Waals surface area contributed by atoms with Crippen molar-refractivity contribution in [3.05, 3.63) is 36.5 Å². The second kappa shape index (κ2) is 35.7. The van der Waals surface area contributed by atoms with E-state index in [0.29, 0.717) is 12.8 Å². The fraction of sp³-hybridized carbons (Fsp3) is 0.775. The number of allylic oxidation sites excluding steroid dienone is 6. The SMILES string of the molecule is CCCCC/C=C/C/C=C/C/C=C/CCCCC(=O)OC[C@H](COP(=O)(O)OC[C@H](N)C(=O)O)OC(=O)CCCCCCCCCCCCCCC. The Hall–Kier alpha value is -2.30. The van der Waals surface area contributed by atoms with Crippen molar-refractivity contribution >= 4 is 25.7 Å². The Kier molecular flexibility index (Phi) is 34.1. The first-order valence-electron chi connectivity index (χ1n) is 20.0. The van der Waals surface area contributed by atoms with Crippen molar-refractivity contribution in [1.82, 2.24) is 0 Å². The summed E-state index contributed by atoms with van der Waals surface area (Å²) >= 11 is 0. The number of phosphoric ester groups is 1. The van der Waals surface area contributed by atoms with Crippen molar-refractivity contribution in [2.24, 2.45) is 5.73 Å². The van der Waals surface area contributed by atoms with E-state index in [9.17, 15) is 23.8 Å². The number of carboxylic acids is 1. The maximum absolute atomic E-state index is 12.6. The maximum Gasteiger partial charge on any atom is 0.472 e. The minimum atomic E-state index is -4.72. The lowest BCUT2D eigenvalue weighted by Crippen LogP contribution is -2.34. The molecule has 0 aromatic heterocycles. The third kappa shape index (κ3) is 34.8. The van der Waals surface area contributed by atoms with E-state index >= 15 is 0 Å². The van der Waals surface area contributed by atoms with E-state index in [1.807, 2.05) is 0 Å². The number of ether oxygens (including phenoxy) is 2. The van der Waals surface area contributed by atoms with Crippen LogP contribution in [0.15, 0.2) is 36.5 Å². The van der Waals surface area contributed by atoms with Crippen molar-refractivity contribution in [3.8, 4) is 0 Å². The van der Waals surface area contributed by atoms with Gasteiger partial charge in [-0.2, -0.15) is 0 Å². The molecule has 0 fully saturated rings.